The monoisotopic (exact) mass is 198 g/mol. The van der Waals surface area contributed by atoms with Gasteiger partial charge >= 0.3 is 0 Å². The van der Waals surface area contributed by atoms with Crippen LogP contribution in [0.3, 0.4) is 0 Å². The summed E-state index contributed by atoms with van der Waals surface area (Å²) in [6.45, 7) is 4.90. The highest BCUT2D eigenvalue weighted by Gasteiger charge is 1.78. The number of hydrogen-bond donors (Lipinski definition) is 0. The molecule has 13 heavy (non-hydrogen) atoms. The van der Waals surface area contributed by atoms with Crippen LogP contribution >= 0.6 is 0 Å². The highest BCUT2D eigenvalue weighted by Crippen LogP contribution is 1.91. The van der Waals surface area contributed by atoms with Crippen molar-refractivity contribution >= 4 is 0 Å². The van der Waals surface area contributed by atoms with E-state index in [-0.39, 0.29) is 6.67 Å². The minimum Gasteiger partial charge on any atom is -0.385 e. The lowest BCUT2D eigenvalue weighted by Crippen LogP contribution is -1.80. The molecule has 0 saturated heterocycles. The number of alkyl halides is 2. The molecule has 0 N–H and O–H groups in total. The molecule has 0 unspecified atom stereocenters. The van der Waals surface area contributed by atoms with E-state index in [1.165, 1.54) is 0 Å². The second-order valence-electron chi connectivity index (χ2n) is 2.39. The molecule has 0 aliphatic rings. The molecule has 0 radical (unpaired) electrons. The van der Waals surface area contributed by atoms with Gasteiger partial charge in [0, 0.05) is 13.7 Å². The quantitative estimate of drug-likeness (QED) is 0.611. The Morgan fingerprint density at radius 1 is 1.00 bits per heavy atom. The van der Waals surface area contributed by atoms with E-state index in [9.17, 15) is 8.78 Å². The normalized spacial score (nSPS) is 7.85. The largest absolute Gasteiger partial charge is 0.385 e. The van der Waals surface area contributed by atoms with Crippen molar-refractivity contribution in [1.29, 1.82) is 0 Å². The summed E-state index contributed by atoms with van der Waals surface area (Å²) >= 11 is 0. The number of ether oxygens (including phenoxy) is 1. The first-order valence-electron chi connectivity index (χ1n) is 4.76. The second kappa shape index (κ2) is 29.8. The van der Waals surface area contributed by atoms with Crippen LogP contribution in [0.2, 0.25) is 0 Å². The predicted octanol–water partition coefficient (Wildman–Crippen LogP) is 3.77. The Morgan fingerprint density at radius 2 is 1.54 bits per heavy atom. The molecule has 0 saturated carbocycles. The Labute approximate surface area is 81.5 Å². The highest BCUT2D eigenvalue weighted by atomic mass is 19.1. The van der Waals surface area contributed by atoms with Gasteiger partial charge in [0.15, 0.2) is 0 Å². The SMILES string of the molecule is CCCCCF.CCCOC.CF. The van der Waals surface area contributed by atoms with Crippen molar-refractivity contribution in [3.8, 4) is 0 Å². The lowest BCUT2D eigenvalue weighted by Gasteiger charge is -1.84. The number of rotatable bonds is 5. The lowest BCUT2D eigenvalue weighted by molar-refractivity contribution is 0.199. The Hall–Kier alpha value is -0.180. The van der Waals surface area contributed by atoms with Crippen molar-refractivity contribution < 1.29 is 13.5 Å². The molecule has 0 spiro atoms. The van der Waals surface area contributed by atoms with Crippen LogP contribution in [0.15, 0.2) is 0 Å². The Balaban J connectivity index is -0.000000131. The smallest absolute Gasteiger partial charge is 0.0894 e. The molecule has 0 amide bonds. The van der Waals surface area contributed by atoms with Gasteiger partial charge in [-0.2, -0.15) is 0 Å². The van der Waals surface area contributed by atoms with E-state index in [2.05, 4.69) is 13.8 Å². The van der Waals surface area contributed by atoms with Crippen molar-refractivity contribution in [2.75, 3.05) is 27.6 Å². The van der Waals surface area contributed by atoms with E-state index in [1.807, 2.05) is 0 Å². The van der Waals surface area contributed by atoms with Crippen molar-refractivity contribution in [3.63, 3.8) is 0 Å². The van der Waals surface area contributed by atoms with Crippen molar-refractivity contribution in [1.82, 2.24) is 0 Å². The van der Waals surface area contributed by atoms with Gasteiger partial charge in [-0.3, -0.25) is 8.78 Å². The maximum atomic E-state index is 11.2. The third-order valence-corrected chi connectivity index (χ3v) is 1.15. The minimum absolute atomic E-state index is 0.145. The van der Waals surface area contributed by atoms with Gasteiger partial charge in [-0.25, -0.2) is 0 Å². The average molecular weight is 198 g/mol. The molecule has 0 atom stereocenters. The van der Waals surface area contributed by atoms with Gasteiger partial charge < -0.3 is 4.74 Å². The van der Waals surface area contributed by atoms with Gasteiger partial charge in [-0.15, -0.1) is 0 Å². The topological polar surface area (TPSA) is 9.23 Å². The number of unbranched alkanes of at least 4 members (excludes halogenated alkanes) is 2. The molecule has 84 valence electrons. The summed E-state index contributed by atoms with van der Waals surface area (Å²) < 4.78 is 25.4. The van der Waals surface area contributed by atoms with Gasteiger partial charge in [-0.1, -0.05) is 26.7 Å². The zero-order valence-electron chi connectivity index (χ0n) is 9.41. The zero-order valence-corrected chi connectivity index (χ0v) is 9.41. The summed E-state index contributed by atoms with van der Waals surface area (Å²) in [5, 5.41) is 0. The van der Waals surface area contributed by atoms with Crippen molar-refractivity contribution in [3.05, 3.63) is 0 Å². The molecule has 0 aromatic heterocycles. The molecule has 3 heteroatoms. The van der Waals surface area contributed by atoms with Gasteiger partial charge in [0.25, 0.3) is 0 Å². The van der Waals surface area contributed by atoms with Crippen molar-refractivity contribution in [2.45, 2.75) is 39.5 Å². The molecule has 0 aliphatic carbocycles. The van der Waals surface area contributed by atoms with E-state index in [0.29, 0.717) is 7.18 Å². The highest BCUT2D eigenvalue weighted by molar-refractivity contribution is 4.31. The molecule has 0 aromatic carbocycles. The third-order valence-electron chi connectivity index (χ3n) is 1.15. The first kappa shape index (κ1) is 18.6. The Kier molecular flexibility index (Phi) is 42.5. The standard InChI is InChI=1S/C5H11F.C4H10O.CH3F/c1-2-3-4-5-6;1-3-4-5-2;1-2/h2-5H2,1H3;3-4H2,1-2H3;1H3. The first-order chi connectivity index (χ1) is 6.33. The van der Waals surface area contributed by atoms with Gasteiger partial charge in [-0.05, 0) is 12.8 Å². The summed E-state index contributed by atoms with van der Waals surface area (Å²) in [7, 11) is 2.21. The summed E-state index contributed by atoms with van der Waals surface area (Å²) in [6.07, 6.45) is 4.02. The number of halogens is 2. The van der Waals surface area contributed by atoms with Crippen LogP contribution in [0, 0.1) is 0 Å². The van der Waals surface area contributed by atoms with Gasteiger partial charge in [0.1, 0.15) is 0 Å². The van der Waals surface area contributed by atoms with E-state index in [4.69, 9.17) is 4.74 Å². The minimum atomic E-state index is -0.145. The molecule has 0 fully saturated rings. The van der Waals surface area contributed by atoms with Crippen LogP contribution in [-0.4, -0.2) is 27.6 Å². The van der Waals surface area contributed by atoms with Gasteiger partial charge in [0.05, 0.1) is 13.9 Å². The fourth-order valence-corrected chi connectivity index (χ4v) is 0.549. The van der Waals surface area contributed by atoms with Crippen LogP contribution in [-0.2, 0) is 4.74 Å². The van der Waals surface area contributed by atoms with E-state index < -0.39 is 0 Å². The third kappa shape index (κ3) is 49.1. The molecule has 0 aliphatic heterocycles. The summed E-state index contributed by atoms with van der Waals surface area (Å²) in [4.78, 5) is 0. The first-order valence-corrected chi connectivity index (χ1v) is 4.76. The molecule has 0 aromatic rings. The van der Waals surface area contributed by atoms with Gasteiger partial charge in [0.2, 0.25) is 0 Å². The molecule has 0 heterocycles. The van der Waals surface area contributed by atoms with Crippen molar-refractivity contribution in [2.24, 2.45) is 0 Å². The van der Waals surface area contributed by atoms with E-state index in [0.717, 1.165) is 32.3 Å². The fourth-order valence-electron chi connectivity index (χ4n) is 0.549. The van der Waals surface area contributed by atoms with Crippen LogP contribution in [0.4, 0.5) is 8.78 Å². The predicted molar refractivity (Wildman–Crippen MR) is 54.7 cm³/mol. The molecular weight excluding hydrogens is 174 g/mol. The molecule has 0 rings (SSSR count). The summed E-state index contributed by atoms with van der Waals surface area (Å²) in [5.41, 5.74) is 0. The summed E-state index contributed by atoms with van der Waals surface area (Å²) in [5.74, 6) is 0. The Bertz CT molecular complexity index is 46.2. The van der Waals surface area contributed by atoms with Crippen LogP contribution in [0.25, 0.3) is 0 Å². The summed E-state index contributed by atoms with van der Waals surface area (Å²) in [6, 6.07) is 0. The molecular formula is C10H24F2O. The maximum Gasteiger partial charge on any atom is 0.0894 e. The lowest BCUT2D eigenvalue weighted by atomic mass is 10.3. The maximum absolute atomic E-state index is 11.2. The van der Waals surface area contributed by atoms with E-state index in [1.54, 1.807) is 7.11 Å². The number of hydrogen-bond acceptors (Lipinski definition) is 1. The zero-order chi connectivity index (χ0) is 10.9. The van der Waals surface area contributed by atoms with E-state index >= 15 is 0 Å². The van der Waals surface area contributed by atoms with Crippen LogP contribution in [0.5, 0.6) is 0 Å². The Morgan fingerprint density at radius 3 is 1.62 bits per heavy atom. The average Bonchev–Trinajstić information content (AvgIpc) is 2.20. The fraction of sp³-hybridized carbons (Fsp3) is 1.00. The van der Waals surface area contributed by atoms with Crippen LogP contribution < -0.4 is 0 Å². The second-order valence-corrected chi connectivity index (χ2v) is 2.39. The molecule has 1 nitrogen and oxygen atoms in total. The number of methoxy groups -OCH3 is 1. The molecule has 0 bridgehead atoms. The van der Waals surface area contributed by atoms with Crippen LogP contribution in [0.1, 0.15) is 39.5 Å².